The van der Waals surface area contributed by atoms with E-state index in [1.807, 2.05) is 13.0 Å². The number of anilines is 2. The quantitative estimate of drug-likeness (QED) is 0.789. The second-order valence-corrected chi connectivity index (χ2v) is 8.37. The van der Waals surface area contributed by atoms with Crippen LogP contribution in [0.3, 0.4) is 0 Å². The van der Waals surface area contributed by atoms with Crippen molar-refractivity contribution in [2.24, 2.45) is 0 Å². The normalized spacial score (nSPS) is 11.1. The SMILES string of the molecule is Cc1cccc(NC(=O)CS(=O)(=O)CC(=O)Nc2nnc(C)s2)c1. The number of sulfone groups is 1. The third-order valence-electron chi connectivity index (χ3n) is 2.78. The average Bonchev–Trinajstić information content (AvgIpc) is 2.82. The van der Waals surface area contributed by atoms with Crippen molar-refractivity contribution in [2.75, 3.05) is 22.1 Å². The molecule has 10 heteroatoms. The largest absolute Gasteiger partial charge is 0.325 e. The average molecular weight is 368 g/mol. The van der Waals surface area contributed by atoms with Gasteiger partial charge in [-0.2, -0.15) is 0 Å². The Hall–Kier alpha value is -2.33. The summed E-state index contributed by atoms with van der Waals surface area (Å²) in [6.45, 7) is 3.56. The number of carbonyl (C=O) groups excluding carboxylic acids is 2. The number of amides is 2. The lowest BCUT2D eigenvalue weighted by atomic mass is 10.2. The van der Waals surface area contributed by atoms with Crippen molar-refractivity contribution >= 4 is 43.8 Å². The summed E-state index contributed by atoms with van der Waals surface area (Å²) in [5, 5.41) is 13.1. The topological polar surface area (TPSA) is 118 Å². The van der Waals surface area contributed by atoms with Crippen LogP contribution in [0.1, 0.15) is 10.6 Å². The molecular weight excluding hydrogens is 352 g/mol. The highest BCUT2D eigenvalue weighted by molar-refractivity contribution is 7.92. The van der Waals surface area contributed by atoms with Crippen molar-refractivity contribution in [3.05, 3.63) is 34.8 Å². The Morgan fingerprint density at radius 1 is 1.08 bits per heavy atom. The number of nitrogens with zero attached hydrogens (tertiary/aromatic N) is 2. The summed E-state index contributed by atoms with van der Waals surface area (Å²) in [4.78, 5) is 23.6. The summed E-state index contributed by atoms with van der Waals surface area (Å²) in [6, 6.07) is 6.97. The van der Waals surface area contributed by atoms with Gasteiger partial charge in [0.2, 0.25) is 16.9 Å². The van der Waals surface area contributed by atoms with E-state index in [2.05, 4.69) is 20.8 Å². The fraction of sp³-hybridized carbons (Fsp3) is 0.286. The molecule has 2 rings (SSSR count). The number of aryl methyl sites for hydroxylation is 2. The molecule has 0 aliphatic carbocycles. The fourth-order valence-electron chi connectivity index (χ4n) is 1.87. The van der Waals surface area contributed by atoms with E-state index in [1.54, 1.807) is 25.1 Å². The first-order chi connectivity index (χ1) is 11.2. The van der Waals surface area contributed by atoms with E-state index >= 15 is 0 Å². The second-order valence-electron chi connectivity index (χ2n) is 5.12. The van der Waals surface area contributed by atoms with E-state index in [9.17, 15) is 18.0 Å². The summed E-state index contributed by atoms with van der Waals surface area (Å²) >= 11 is 1.13. The van der Waals surface area contributed by atoms with Crippen LogP contribution in [0.25, 0.3) is 0 Å². The molecule has 0 radical (unpaired) electrons. The molecule has 2 amide bonds. The van der Waals surface area contributed by atoms with Crippen LogP contribution in [-0.2, 0) is 19.4 Å². The lowest BCUT2D eigenvalue weighted by Crippen LogP contribution is -2.30. The van der Waals surface area contributed by atoms with Crippen LogP contribution in [0.5, 0.6) is 0 Å². The number of hydrogen-bond donors (Lipinski definition) is 2. The van der Waals surface area contributed by atoms with Crippen molar-refractivity contribution in [1.82, 2.24) is 10.2 Å². The monoisotopic (exact) mass is 368 g/mol. The van der Waals surface area contributed by atoms with Gasteiger partial charge < -0.3 is 5.32 Å². The number of hydrogen-bond acceptors (Lipinski definition) is 7. The van der Waals surface area contributed by atoms with E-state index in [1.165, 1.54) is 0 Å². The van der Waals surface area contributed by atoms with E-state index in [4.69, 9.17) is 0 Å². The summed E-state index contributed by atoms with van der Waals surface area (Å²) in [5.74, 6) is -3.02. The Balaban J connectivity index is 1.90. The third-order valence-corrected chi connectivity index (χ3v) is 4.93. The maximum Gasteiger partial charge on any atom is 0.241 e. The van der Waals surface area contributed by atoms with Gasteiger partial charge in [-0.15, -0.1) is 10.2 Å². The van der Waals surface area contributed by atoms with Gasteiger partial charge in [-0.05, 0) is 31.5 Å². The second kappa shape index (κ2) is 7.49. The molecule has 0 aliphatic rings. The van der Waals surface area contributed by atoms with Gasteiger partial charge in [0, 0.05) is 5.69 Å². The summed E-state index contributed by atoms with van der Waals surface area (Å²) in [7, 11) is -3.89. The number of nitrogens with one attached hydrogen (secondary N) is 2. The molecule has 24 heavy (non-hydrogen) atoms. The summed E-state index contributed by atoms with van der Waals surface area (Å²) in [5.41, 5.74) is 1.44. The Kier molecular flexibility index (Phi) is 5.62. The molecule has 1 aromatic carbocycles. The van der Waals surface area contributed by atoms with Crippen LogP contribution in [0, 0.1) is 13.8 Å². The van der Waals surface area contributed by atoms with Gasteiger partial charge in [0.05, 0.1) is 0 Å². The predicted octanol–water partition coefficient (Wildman–Crippen LogP) is 1.15. The molecule has 0 saturated heterocycles. The molecule has 0 unspecified atom stereocenters. The predicted molar refractivity (Wildman–Crippen MR) is 91.7 cm³/mol. The summed E-state index contributed by atoms with van der Waals surface area (Å²) < 4.78 is 23.9. The fourth-order valence-corrected chi connectivity index (χ4v) is 3.53. The van der Waals surface area contributed by atoms with E-state index in [0.29, 0.717) is 10.7 Å². The van der Waals surface area contributed by atoms with Gasteiger partial charge in [-0.25, -0.2) is 8.42 Å². The Morgan fingerprint density at radius 3 is 2.33 bits per heavy atom. The molecule has 8 nitrogen and oxygen atoms in total. The molecule has 0 saturated carbocycles. The Labute approximate surface area is 143 Å². The zero-order valence-electron chi connectivity index (χ0n) is 13.1. The molecule has 128 valence electrons. The summed E-state index contributed by atoms with van der Waals surface area (Å²) in [6.07, 6.45) is 0. The molecule has 0 spiro atoms. The molecule has 2 aromatic rings. The van der Waals surface area contributed by atoms with Crippen LogP contribution in [-0.4, -0.2) is 41.9 Å². The van der Waals surface area contributed by atoms with Crippen molar-refractivity contribution in [3.8, 4) is 0 Å². The molecule has 0 fully saturated rings. The van der Waals surface area contributed by atoms with Crippen LogP contribution in [0.4, 0.5) is 10.8 Å². The first-order valence-corrected chi connectivity index (χ1v) is 9.54. The van der Waals surface area contributed by atoms with Gasteiger partial charge >= 0.3 is 0 Å². The van der Waals surface area contributed by atoms with Crippen LogP contribution < -0.4 is 10.6 Å². The Bertz CT molecular complexity index is 861. The zero-order chi connectivity index (χ0) is 17.7. The molecule has 0 bridgehead atoms. The molecule has 1 aromatic heterocycles. The van der Waals surface area contributed by atoms with E-state index in [0.717, 1.165) is 16.9 Å². The smallest absolute Gasteiger partial charge is 0.241 e. The standard InChI is InChI=1S/C14H16N4O4S2/c1-9-4-3-5-11(6-9)15-12(19)7-24(21,22)8-13(20)16-14-18-17-10(2)23-14/h3-6H,7-8H2,1-2H3,(H,15,19)(H,16,18,20). The molecular formula is C14H16N4O4S2. The highest BCUT2D eigenvalue weighted by Gasteiger charge is 2.21. The highest BCUT2D eigenvalue weighted by atomic mass is 32.2. The zero-order valence-corrected chi connectivity index (χ0v) is 14.7. The van der Waals surface area contributed by atoms with Gasteiger partial charge in [0.25, 0.3) is 0 Å². The number of benzene rings is 1. The molecule has 1 heterocycles. The van der Waals surface area contributed by atoms with Gasteiger partial charge in [-0.1, -0.05) is 23.5 Å². The minimum absolute atomic E-state index is 0.219. The van der Waals surface area contributed by atoms with Crippen molar-refractivity contribution in [1.29, 1.82) is 0 Å². The molecule has 0 atom stereocenters. The van der Waals surface area contributed by atoms with Crippen molar-refractivity contribution < 1.29 is 18.0 Å². The lowest BCUT2D eigenvalue weighted by Gasteiger charge is -2.07. The number of aromatic nitrogens is 2. The minimum atomic E-state index is -3.89. The van der Waals surface area contributed by atoms with Crippen LogP contribution in [0.15, 0.2) is 24.3 Å². The van der Waals surface area contributed by atoms with Crippen LogP contribution >= 0.6 is 11.3 Å². The van der Waals surface area contributed by atoms with E-state index in [-0.39, 0.29) is 5.13 Å². The highest BCUT2D eigenvalue weighted by Crippen LogP contribution is 2.13. The maximum absolute atomic E-state index is 11.9. The van der Waals surface area contributed by atoms with E-state index < -0.39 is 33.2 Å². The van der Waals surface area contributed by atoms with Gasteiger partial charge in [-0.3, -0.25) is 14.9 Å². The van der Waals surface area contributed by atoms with Crippen LogP contribution in [0.2, 0.25) is 0 Å². The minimum Gasteiger partial charge on any atom is -0.325 e. The first-order valence-electron chi connectivity index (χ1n) is 6.90. The lowest BCUT2D eigenvalue weighted by molar-refractivity contribution is -0.114. The van der Waals surface area contributed by atoms with Gasteiger partial charge in [0.1, 0.15) is 16.5 Å². The number of carbonyl (C=O) groups is 2. The maximum atomic E-state index is 11.9. The van der Waals surface area contributed by atoms with Crippen molar-refractivity contribution in [2.45, 2.75) is 13.8 Å². The molecule has 0 aliphatic heterocycles. The third kappa shape index (κ3) is 5.70. The Morgan fingerprint density at radius 2 is 1.75 bits per heavy atom. The first kappa shape index (κ1) is 18.0. The molecule has 2 N–H and O–H groups in total. The van der Waals surface area contributed by atoms with Crippen molar-refractivity contribution in [3.63, 3.8) is 0 Å². The van der Waals surface area contributed by atoms with Gasteiger partial charge in [0.15, 0.2) is 9.84 Å². The number of rotatable bonds is 6.